The van der Waals surface area contributed by atoms with Gasteiger partial charge in [-0.25, -0.2) is 4.99 Å². The highest BCUT2D eigenvalue weighted by molar-refractivity contribution is 9.11. The van der Waals surface area contributed by atoms with Crippen molar-refractivity contribution in [2.24, 2.45) is 4.99 Å². The molecule has 0 spiro atoms. The standard InChI is InChI=1S/C24H15Br2F3N2O3/c25-16-10-18-21(30-17-3-1-2-14(8-17)9-20(32)33)23(34)31(22(18)19(26)11-16)12-13-4-6-15(7-5-13)24(27,28)29/h1-8,10-11H,9,12H2,(H,32,33). The summed E-state index contributed by atoms with van der Waals surface area (Å²) in [4.78, 5) is 30.4. The van der Waals surface area contributed by atoms with Gasteiger partial charge in [0.05, 0.1) is 29.9 Å². The molecule has 1 amide bonds. The number of alkyl halides is 3. The Kier molecular flexibility index (Phi) is 6.64. The van der Waals surface area contributed by atoms with Crippen LogP contribution in [0.3, 0.4) is 0 Å². The number of halogens is 5. The van der Waals surface area contributed by atoms with Crippen LogP contribution in [0, 0.1) is 0 Å². The lowest BCUT2D eigenvalue weighted by molar-refractivity contribution is -0.138. The number of rotatable bonds is 5. The normalized spacial score (nSPS) is 14.6. The average Bonchev–Trinajstić information content (AvgIpc) is 2.99. The molecule has 1 aliphatic rings. The molecule has 0 radical (unpaired) electrons. The van der Waals surface area contributed by atoms with Gasteiger partial charge in [0.2, 0.25) is 0 Å². The Bertz CT molecular complexity index is 1320. The molecule has 34 heavy (non-hydrogen) atoms. The topological polar surface area (TPSA) is 70.0 Å². The lowest BCUT2D eigenvalue weighted by Crippen LogP contribution is -2.29. The Balaban J connectivity index is 1.73. The fourth-order valence-corrected chi connectivity index (χ4v) is 5.08. The number of fused-ring (bicyclic) bond motifs is 1. The minimum absolute atomic E-state index is 0.0439. The summed E-state index contributed by atoms with van der Waals surface area (Å²) in [5.74, 6) is -1.40. The van der Waals surface area contributed by atoms with E-state index in [0.29, 0.717) is 37.0 Å². The molecule has 10 heteroatoms. The summed E-state index contributed by atoms with van der Waals surface area (Å²) in [5.41, 5.74) is 1.95. The summed E-state index contributed by atoms with van der Waals surface area (Å²) in [5, 5.41) is 9.04. The number of carbonyl (C=O) groups is 2. The molecule has 0 aromatic heterocycles. The van der Waals surface area contributed by atoms with Crippen LogP contribution in [0.2, 0.25) is 0 Å². The van der Waals surface area contributed by atoms with E-state index in [1.165, 1.54) is 17.0 Å². The van der Waals surface area contributed by atoms with Gasteiger partial charge in [-0.05, 0) is 63.5 Å². The van der Waals surface area contributed by atoms with Gasteiger partial charge in [0, 0.05) is 14.5 Å². The number of carbonyl (C=O) groups excluding carboxylic acids is 1. The van der Waals surface area contributed by atoms with E-state index in [1.807, 2.05) is 0 Å². The summed E-state index contributed by atoms with van der Waals surface area (Å²) < 4.78 is 40.0. The first-order valence-electron chi connectivity index (χ1n) is 9.90. The van der Waals surface area contributed by atoms with Gasteiger partial charge in [0.15, 0.2) is 0 Å². The second-order valence-electron chi connectivity index (χ2n) is 7.57. The molecule has 1 aliphatic heterocycles. The number of benzene rings is 3. The summed E-state index contributed by atoms with van der Waals surface area (Å²) in [7, 11) is 0. The van der Waals surface area contributed by atoms with E-state index in [9.17, 15) is 22.8 Å². The zero-order valence-corrected chi connectivity index (χ0v) is 20.4. The Morgan fingerprint density at radius 1 is 1.00 bits per heavy atom. The number of aliphatic carboxylic acids is 1. The van der Waals surface area contributed by atoms with Crippen LogP contribution in [0.4, 0.5) is 24.5 Å². The molecule has 4 rings (SSSR count). The third-order valence-corrected chi connectivity index (χ3v) is 6.19. The average molecular weight is 596 g/mol. The first kappa shape index (κ1) is 24.2. The summed E-state index contributed by atoms with van der Waals surface area (Å²) >= 11 is 6.89. The number of aliphatic imine (C=N–C) groups is 1. The van der Waals surface area contributed by atoms with Gasteiger partial charge in [-0.2, -0.15) is 13.2 Å². The van der Waals surface area contributed by atoms with E-state index in [1.54, 1.807) is 36.4 Å². The van der Waals surface area contributed by atoms with Crippen molar-refractivity contribution in [3.8, 4) is 0 Å². The molecule has 0 saturated heterocycles. The van der Waals surface area contributed by atoms with E-state index in [0.717, 1.165) is 12.1 Å². The van der Waals surface area contributed by atoms with E-state index < -0.39 is 23.6 Å². The molecule has 1 heterocycles. The van der Waals surface area contributed by atoms with Gasteiger partial charge >= 0.3 is 12.1 Å². The number of carboxylic acids is 1. The molecule has 3 aromatic rings. The van der Waals surface area contributed by atoms with Crippen LogP contribution in [-0.4, -0.2) is 22.7 Å². The van der Waals surface area contributed by atoms with Crippen molar-refractivity contribution in [2.45, 2.75) is 19.1 Å². The predicted octanol–water partition coefficient (Wildman–Crippen LogP) is 6.53. The Morgan fingerprint density at radius 2 is 1.71 bits per heavy atom. The molecular formula is C24H15Br2F3N2O3. The Labute approximate surface area is 209 Å². The van der Waals surface area contributed by atoms with Crippen molar-refractivity contribution in [3.63, 3.8) is 0 Å². The van der Waals surface area contributed by atoms with Crippen LogP contribution in [0.1, 0.15) is 22.3 Å². The first-order valence-corrected chi connectivity index (χ1v) is 11.5. The van der Waals surface area contributed by atoms with Crippen LogP contribution in [-0.2, 0) is 28.7 Å². The van der Waals surface area contributed by atoms with E-state index in [-0.39, 0.29) is 18.7 Å². The number of amides is 1. The zero-order valence-electron chi connectivity index (χ0n) is 17.2. The summed E-state index contributed by atoms with van der Waals surface area (Å²) in [6, 6.07) is 14.7. The lowest BCUT2D eigenvalue weighted by Gasteiger charge is -2.19. The molecule has 0 aliphatic carbocycles. The minimum Gasteiger partial charge on any atom is -0.481 e. The van der Waals surface area contributed by atoms with Gasteiger partial charge in [-0.3, -0.25) is 9.59 Å². The molecule has 1 N–H and O–H groups in total. The monoisotopic (exact) mass is 594 g/mol. The second kappa shape index (κ2) is 9.34. The molecule has 0 saturated carbocycles. The number of hydrogen-bond donors (Lipinski definition) is 1. The van der Waals surface area contributed by atoms with Gasteiger partial charge in [0.1, 0.15) is 5.71 Å². The van der Waals surface area contributed by atoms with Crippen LogP contribution < -0.4 is 4.90 Å². The molecule has 3 aromatic carbocycles. The maximum absolute atomic E-state index is 13.4. The SMILES string of the molecule is O=C(O)Cc1cccc(N=C2C(=O)N(Cc3ccc(C(F)(F)F)cc3)c3c(Br)cc(Br)cc32)c1. The van der Waals surface area contributed by atoms with Gasteiger partial charge < -0.3 is 10.0 Å². The largest absolute Gasteiger partial charge is 0.481 e. The maximum atomic E-state index is 13.4. The second-order valence-corrected chi connectivity index (χ2v) is 9.34. The summed E-state index contributed by atoms with van der Waals surface area (Å²) in [6.07, 6.45) is -4.63. The molecule has 174 valence electrons. The Morgan fingerprint density at radius 3 is 2.35 bits per heavy atom. The van der Waals surface area contributed by atoms with E-state index >= 15 is 0 Å². The predicted molar refractivity (Wildman–Crippen MR) is 128 cm³/mol. The fourth-order valence-electron chi connectivity index (χ4n) is 3.65. The highest BCUT2D eigenvalue weighted by Crippen LogP contribution is 2.40. The van der Waals surface area contributed by atoms with Crippen LogP contribution in [0.15, 0.2) is 74.6 Å². The minimum atomic E-state index is -4.45. The van der Waals surface area contributed by atoms with Gasteiger partial charge in [0.25, 0.3) is 5.91 Å². The van der Waals surface area contributed by atoms with Crippen LogP contribution >= 0.6 is 31.9 Å². The number of nitrogens with zero attached hydrogens (tertiary/aromatic N) is 2. The van der Waals surface area contributed by atoms with Crippen LogP contribution in [0.5, 0.6) is 0 Å². The number of anilines is 1. The fraction of sp³-hybridized carbons (Fsp3) is 0.125. The smallest absolute Gasteiger partial charge is 0.416 e. The lowest BCUT2D eigenvalue weighted by atomic mass is 10.1. The van der Waals surface area contributed by atoms with Crippen molar-refractivity contribution in [2.75, 3.05) is 4.90 Å². The molecule has 0 atom stereocenters. The van der Waals surface area contributed by atoms with Gasteiger partial charge in [-0.15, -0.1) is 0 Å². The number of hydrogen-bond acceptors (Lipinski definition) is 3. The van der Waals surface area contributed by atoms with Crippen molar-refractivity contribution >= 4 is 60.8 Å². The maximum Gasteiger partial charge on any atom is 0.416 e. The summed E-state index contributed by atoms with van der Waals surface area (Å²) in [6.45, 7) is 0.0439. The van der Waals surface area contributed by atoms with Crippen molar-refractivity contribution < 1.29 is 27.9 Å². The number of carboxylic acid groups (broad SMARTS) is 1. The molecule has 0 unspecified atom stereocenters. The third kappa shape index (κ3) is 5.07. The van der Waals surface area contributed by atoms with Crippen molar-refractivity contribution in [1.29, 1.82) is 0 Å². The van der Waals surface area contributed by atoms with Crippen molar-refractivity contribution in [3.05, 3.63) is 91.9 Å². The quantitative estimate of drug-likeness (QED) is 0.365. The molecular weight excluding hydrogens is 581 g/mol. The van der Waals surface area contributed by atoms with E-state index in [4.69, 9.17) is 5.11 Å². The molecule has 0 bridgehead atoms. The highest BCUT2D eigenvalue weighted by Gasteiger charge is 2.36. The zero-order chi connectivity index (χ0) is 24.6. The van der Waals surface area contributed by atoms with E-state index in [2.05, 4.69) is 36.9 Å². The highest BCUT2D eigenvalue weighted by atomic mass is 79.9. The first-order chi connectivity index (χ1) is 16.0. The molecule has 0 fully saturated rings. The third-order valence-electron chi connectivity index (χ3n) is 5.13. The van der Waals surface area contributed by atoms with Crippen molar-refractivity contribution in [1.82, 2.24) is 0 Å². The molecule has 5 nitrogen and oxygen atoms in total. The van der Waals surface area contributed by atoms with Gasteiger partial charge in [-0.1, -0.05) is 40.2 Å². The van der Waals surface area contributed by atoms with Crippen LogP contribution in [0.25, 0.3) is 0 Å². The Hall–Kier alpha value is -2.98.